The molecule has 4 aromatic rings. The molecular weight excluding hydrogens is 442 g/mol. The van der Waals surface area contributed by atoms with Gasteiger partial charge in [0.2, 0.25) is 0 Å². The van der Waals surface area contributed by atoms with Gasteiger partial charge in [-0.15, -0.1) is 0 Å². The number of nitrogens with one attached hydrogen (secondary N) is 2. The summed E-state index contributed by atoms with van der Waals surface area (Å²) >= 11 is 5.91. The van der Waals surface area contributed by atoms with Crippen LogP contribution < -0.4 is 15.5 Å². The minimum atomic E-state index is -0.354. The van der Waals surface area contributed by atoms with Gasteiger partial charge in [-0.05, 0) is 67.1 Å². The minimum absolute atomic E-state index is 0.144. The van der Waals surface area contributed by atoms with Gasteiger partial charge < -0.3 is 10.1 Å². The van der Waals surface area contributed by atoms with Crippen molar-refractivity contribution in [2.24, 2.45) is 5.10 Å². The lowest BCUT2D eigenvalue weighted by atomic mass is 10.2. The van der Waals surface area contributed by atoms with Gasteiger partial charge in [0.15, 0.2) is 6.61 Å². The van der Waals surface area contributed by atoms with E-state index >= 15 is 0 Å². The highest BCUT2D eigenvalue weighted by Crippen LogP contribution is 2.16. The Hall–Kier alpha value is -4.17. The second kappa shape index (κ2) is 9.97. The summed E-state index contributed by atoms with van der Waals surface area (Å²) in [5.41, 5.74) is 5.62. The van der Waals surface area contributed by atoms with Crippen molar-refractivity contribution >= 4 is 41.0 Å². The molecule has 0 radical (unpaired) electrons. The highest BCUT2D eigenvalue weighted by Gasteiger charge is 2.15. The molecule has 2 aromatic heterocycles. The number of halogens is 1. The molecule has 0 atom stereocenters. The Labute approximate surface area is 194 Å². The molecule has 0 saturated carbocycles. The van der Waals surface area contributed by atoms with Crippen LogP contribution in [0.15, 0.2) is 78.0 Å². The fourth-order valence-electron chi connectivity index (χ4n) is 3.17. The van der Waals surface area contributed by atoms with Crippen LogP contribution in [0, 0.1) is 6.92 Å². The molecule has 2 aromatic carbocycles. The van der Waals surface area contributed by atoms with Gasteiger partial charge in [0.05, 0.1) is 11.9 Å². The monoisotopic (exact) mass is 461 g/mol. The SMILES string of the molecule is Cc1nc2ccccn2c1C(=O)N/N=C\c1ccc(OCC(=O)Nc2cccc(Cl)c2)cc1. The van der Waals surface area contributed by atoms with E-state index in [9.17, 15) is 9.59 Å². The average molecular weight is 462 g/mol. The van der Waals surface area contributed by atoms with E-state index in [0.717, 1.165) is 5.56 Å². The first-order valence-electron chi connectivity index (χ1n) is 10.0. The van der Waals surface area contributed by atoms with E-state index < -0.39 is 0 Å². The first-order valence-corrected chi connectivity index (χ1v) is 10.4. The van der Waals surface area contributed by atoms with Gasteiger partial charge in [0, 0.05) is 16.9 Å². The Bertz CT molecular complexity index is 1330. The van der Waals surface area contributed by atoms with E-state index in [1.165, 1.54) is 6.21 Å². The molecule has 0 aliphatic heterocycles. The lowest BCUT2D eigenvalue weighted by Crippen LogP contribution is -2.20. The zero-order chi connectivity index (χ0) is 23.2. The van der Waals surface area contributed by atoms with Gasteiger partial charge in [-0.25, -0.2) is 10.4 Å². The van der Waals surface area contributed by atoms with Crippen molar-refractivity contribution in [2.75, 3.05) is 11.9 Å². The van der Waals surface area contributed by atoms with E-state index in [-0.39, 0.29) is 18.4 Å². The van der Waals surface area contributed by atoms with Crippen LogP contribution in [0.5, 0.6) is 5.75 Å². The number of carbonyl (C=O) groups excluding carboxylic acids is 2. The first kappa shape index (κ1) is 22.0. The molecule has 0 aliphatic rings. The van der Waals surface area contributed by atoms with Gasteiger partial charge in [0.1, 0.15) is 17.1 Å². The molecule has 9 heteroatoms. The van der Waals surface area contributed by atoms with Crippen LogP contribution in [0.3, 0.4) is 0 Å². The molecule has 0 spiro atoms. The molecule has 0 fully saturated rings. The predicted octanol–water partition coefficient (Wildman–Crippen LogP) is 4.08. The van der Waals surface area contributed by atoms with Crippen LogP contribution in [-0.4, -0.2) is 34.0 Å². The molecule has 8 nitrogen and oxygen atoms in total. The maximum atomic E-state index is 12.5. The number of anilines is 1. The number of aryl methyl sites for hydroxylation is 1. The molecule has 0 saturated heterocycles. The van der Waals surface area contributed by atoms with Crippen molar-refractivity contribution < 1.29 is 14.3 Å². The van der Waals surface area contributed by atoms with Crippen LogP contribution in [0.4, 0.5) is 5.69 Å². The van der Waals surface area contributed by atoms with Gasteiger partial charge in [-0.1, -0.05) is 23.7 Å². The number of nitrogens with zero attached hydrogens (tertiary/aromatic N) is 3. The molecule has 2 N–H and O–H groups in total. The smallest absolute Gasteiger partial charge is 0.290 e. The number of benzene rings is 2. The second-order valence-corrected chi connectivity index (χ2v) is 7.53. The van der Waals surface area contributed by atoms with Crippen LogP contribution in [0.1, 0.15) is 21.7 Å². The molecule has 33 heavy (non-hydrogen) atoms. The summed E-state index contributed by atoms with van der Waals surface area (Å²) in [7, 11) is 0. The molecule has 4 rings (SSSR count). The van der Waals surface area contributed by atoms with E-state index in [1.54, 1.807) is 66.1 Å². The standard InChI is InChI=1S/C24H20ClN5O3/c1-16-23(30-12-3-2-7-21(30)27-16)24(32)29-26-14-17-8-10-20(11-9-17)33-15-22(31)28-19-6-4-5-18(25)13-19/h2-14H,15H2,1H3,(H,28,31)(H,29,32)/b26-14-. The predicted molar refractivity (Wildman–Crippen MR) is 127 cm³/mol. The largest absolute Gasteiger partial charge is 0.484 e. The molecule has 0 aliphatic carbocycles. The number of aromatic nitrogens is 2. The molecule has 0 unspecified atom stereocenters. The molecule has 2 amide bonds. The summed E-state index contributed by atoms with van der Waals surface area (Å²) in [6.07, 6.45) is 3.30. The van der Waals surface area contributed by atoms with Crippen LogP contribution in [0.25, 0.3) is 5.65 Å². The summed E-state index contributed by atoms with van der Waals surface area (Å²) in [4.78, 5) is 28.9. The van der Waals surface area contributed by atoms with Crippen LogP contribution in [-0.2, 0) is 4.79 Å². The van der Waals surface area contributed by atoms with Crippen LogP contribution >= 0.6 is 11.6 Å². The quantitative estimate of drug-likeness (QED) is 0.320. The van der Waals surface area contributed by atoms with Crippen molar-refractivity contribution in [3.05, 3.63) is 94.9 Å². The Balaban J connectivity index is 1.29. The summed E-state index contributed by atoms with van der Waals surface area (Å²) in [5.74, 6) is -0.125. The number of amides is 2. The second-order valence-electron chi connectivity index (χ2n) is 7.09. The van der Waals surface area contributed by atoms with E-state index in [0.29, 0.717) is 33.5 Å². The zero-order valence-corrected chi connectivity index (χ0v) is 18.4. The van der Waals surface area contributed by atoms with E-state index in [2.05, 4.69) is 20.8 Å². The van der Waals surface area contributed by atoms with Gasteiger partial charge in [-0.2, -0.15) is 5.10 Å². The fourth-order valence-corrected chi connectivity index (χ4v) is 3.36. The van der Waals surface area contributed by atoms with E-state index in [4.69, 9.17) is 16.3 Å². The molecule has 166 valence electrons. The summed E-state index contributed by atoms with van der Waals surface area (Å²) in [6.45, 7) is 1.63. The number of fused-ring (bicyclic) bond motifs is 1. The number of hydrazone groups is 1. The number of pyridine rings is 1. The number of ether oxygens (including phenoxy) is 1. The highest BCUT2D eigenvalue weighted by molar-refractivity contribution is 6.30. The average Bonchev–Trinajstić information content (AvgIpc) is 3.14. The third-order valence-corrected chi connectivity index (χ3v) is 4.89. The van der Waals surface area contributed by atoms with Gasteiger partial charge in [0.25, 0.3) is 11.8 Å². The number of hydrogen-bond acceptors (Lipinski definition) is 5. The molecule has 0 bridgehead atoms. The summed E-state index contributed by atoms with van der Waals surface area (Å²) in [5, 5.41) is 7.27. The van der Waals surface area contributed by atoms with Crippen molar-refractivity contribution in [1.82, 2.24) is 14.8 Å². The number of imidazole rings is 1. The normalized spacial score (nSPS) is 11.0. The van der Waals surface area contributed by atoms with Gasteiger partial charge in [-0.3, -0.25) is 14.0 Å². The number of rotatable bonds is 7. The number of hydrogen-bond donors (Lipinski definition) is 2. The lowest BCUT2D eigenvalue weighted by Gasteiger charge is -2.08. The zero-order valence-electron chi connectivity index (χ0n) is 17.7. The van der Waals surface area contributed by atoms with Crippen molar-refractivity contribution in [1.29, 1.82) is 0 Å². The Morgan fingerprint density at radius 1 is 1.12 bits per heavy atom. The number of carbonyl (C=O) groups is 2. The molecule has 2 heterocycles. The third kappa shape index (κ3) is 5.55. The lowest BCUT2D eigenvalue weighted by molar-refractivity contribution is -0.118. The Morgan fingerprint density at radius 2 is 1.94 bits per heavy atom. The van der Waals surface area contributed by atoms with Crippen molar-refractivity contribution in [3.63, 3.8) is 0 Å². The fraction of sp³-hybridized carbons (Fsp3) is 0.0833. The van der Waals surface area contributed by atoms with Crippen LogP contribution in [0.2, 0.25) is 5.02 Å². The maximum absolute atomic E-state index is 12.5. The highest BCUT2D eigenvalue weighted by atomic mass is 35.5. The summed E-state index contributed by atoms with van der Waals surface area (Å²) < 4.78 is 7.22. The van der Waals surface area contributed by atoms with Crippen molar-refractivity contribution in [3.8, 4) is 5.75 Å². The Morgan fingerprint density at radius 3 is 2.73 bits per heavy atom. The maximum Gasteiger partial charge on any atom is 0.290 e. The Kier molecular flexibility index (Phi) is 6.66. The molecular formula is C24H20ClN5O3. The summed E-state index contributed by atoms with van der Waals surface area (Å²) in [6, 6.07) is 19.4. The minimum Gasteiger partial charge on any atom is -0.484 e. The topological polar surface area (TPSA) is 97.1 Å². The van der Waals surface area contributed by atoms with Gasteiger partial charge >= 0.3 is 0 Å². The van der Waals surface area contributed by atoms with Crippen molar-refractivity contribution in [2.45, 2.75) is 6.92 Å². The first-order chi connectivity index (χ1) is 16.0. The third-order valence-electron chi connectivity index (χ3n) is 4.66. The van der Waals surface area contributed by atoms with E-state index in [1.807, 2.05) is 18.2 Å².